The normalized spacial score (nSPS) is 13.7. The highest BCUT2D eigenvalue weighted by Crippen LogP contribution is 2.23. The van der Waals surface area contributed by atoms with Crippen LogP contribution in [-0.2, 0) is 4.74 Å². The molecule has 0 saturated carbocycles. The molecular formula is C21H44N4O2. The smallest absolute Gasteiger partial charge is 0.217 e. The number of anilines is 2. The van der Waals surface area contributed by atoms with Crippen LogP contribution in [0.25, 0.3) is 0 Å². The first-order valence-electron chi connectivity index (χ1n) is 10.7. The predicted octanol–water partition coefficient (Wildman–Crippen LogP) is 4.30. The molecule has 1 aliphatic heterocycles. The lowest BCUT2D eigenvalue weighted by molar-refractivity contribution is 0.0320. The van der Waals surface area contributed by atoms with Crippen molar-refractivity contribution in [2.75, 3.05) is 63.2 Å². The maximum absolute atomic E-state index is 5.96. The van der Waals surface area contributed by atoms with Crippen LogP contribution in [0.2, 0.25) is 0 Å². The number of pyridine rings is 1. The third-order valence-electron chi connectivity index (χ3n) is 3.92. The fourth-order valence-electron chi connectivity index (χ4n) is 2.78. The van der Waals surface area contributed by atoms with Crippen LogP contribution in [0.3, 0.4) is 0 Å². The zero-order valence-electron chi connectivity index (χ0n) is 18.5. The van der Waals surface area contributed by atoms with Crippen molar-refractivity contribution < 1.29 is 10.9 Å². The van der Waals surface area contributed by atoms with Crippen molar-refractivity contribution in [1.82, 2.24) is 9.88 Å². The Morgan fingerprint density at radius 1 is 1.11 bits per heavy atom. The van der Waals surface area contributed by atoms with Gasteiger partial charge in [0.05, 0.1) is 13.2 Å². The number of morpholine rings is 1. The standard InChI is InChI=1S/C17H30N4O2.2C2H6.H2/c1-3-5-21(6-4-2)15-13-16(18)19-17(14-15)23-12-9-20-7-10-22-11-8-20;2*1-2;/h13-14H,3-12H2,1-2H3,(H2,18,19);2*1-2H3;1H. The Morgan fingerprint density at radius 3 is 2.26 bits per heavy atom. The van der Waals surface area contributed by atoms with Gasteiger partial charge in [-0.1, -0.05) is 41.5 Å². The number of nitrogen functional groups attached to an aromatic ring is 1. The van der Waals surface area contributed by atoms with E-state index in [-0.39, 0.29) is 1.43 Å². The maximum atomic E-state index is 5.96. The van der Waals surface area contributed by atoms with Gasteiger partial charge in [-0.3, -0.25) is 4.90 Å². The molecule has 1 aromatic heterocycles. The molecule has 1 aliphatic rings. The Hall–Kier alpha value is -1.53. The summed E-state index contributed by atoms with van der Waals surface area (Å²) in [5.74, 6) is 1.13. The van der Waals surface area contributed by atoms with E-state index in [2.05, 4.69) is 28.6 Å². The summed E-state index contributed by atoms with van der Waals surface area (Å²) in [4.78, 5) is 8.99. The number of ether oxygens (including phenoxy) is 2. The second-order valence-corrected chi connectivity index (χ2v) is 5.88. The van der Waals surface area contributed by atoms with E-state index >= 15 is 0 Å². The molecule has 0 unspecified atom stereocenters. The number of hydrogen-bond acceptors (Lipinski definition) is 6. The molecule has 6 heteroatoms. The Balaban J connectivity index is 0. The molecule has 1 aromatic rings. The number of nitrogens with zero attached hydrogens (tertiary/aromatic N) is 3. The van der Waals surface area contributed by atoms with Gasteiger partial charge < -0.3 is 20.1 Å². The summed E-state index contributed by atoms with van der Waals surface area (Å²) in [6.45, 7) is 19.5. The lowest BCUT2D eigenvalue weighted by Crippen LogP contribution is -2.38. The van der Waals surface area contributed by atoms with Gasteiger partial charge in [-0.15, -0.1) is 0 Å². The topological polar surface area (TPSA) is 63.8 Å². The van der Waals surface area contributed by atoms with E-state index in [1.807, 2.05) is 39.8 Å². The molecular weight excluding hydrogens is 340 g/mol. The first-order valence-corrected chi connectivity index (χ1v) is 10.7. The summed E-state index contributed by atoms with van der Waals surface area (Å²) in [5.41, 5.74) is 7.06. The van der Waals surface area contributed by atoms with E-state index in [1.54, 1.807) is 0 Å². The monoisotopic (exact) mass is 384 g/mol. The van der Waals surface area contributed by atoms with Crippen molar-refractivity contribution in [3.05, 3.63) is 12.1 Å². The van der Waals surface area contributed by atoms with Crippen molar-refractivity contribution >= 4 is 11.5 Å². The molecule has 0 amide bonds. The minimum absolute atomic E-state index is 0. The number of rotatable bonds is 9. The highest BCUT2D eigenvalue weighted by atomic mass is 16.5. The molecule has 1 saturated heterocycles. The van der Waals surface area contributed by atoms with Crippen LogP contribution in [-0.4, -0.2) is 62.4 Å². The van der Waals surface area contributed by atoms with Gasteiger partial charge in [-0.2, -0.15) is 4.98 Å². The van der Waals surface area contributed by atoms with Gasteiger partial charge >= 0.3 is 0 Å². The summed E-state index contributed by atoms with van der Waals surface area (Å²) in [6.07, 6.45) is 2.21. The molecule has 2 rings (SSSR count). The molecule has 2 N–H and O–H groups in total. The van der Waals surface area contributed by atoms with Gasteiger partial charge in [0.25, 0.3) is 0 Å². The van der Waals surface area contributed by atoms with Gasteiger partial charge in [-0.25, -0.2) is 0 Å². The Labute approximate surface area is 168 Å². The van der Waals surface area contributed by atoms with Crippen LogP contribution < -0.4 is 15.4 Å². The van der Waals surface area contributed by atoms with Gasteiger partial charge in [0, 0.05) is 52.0 Å². The summed E-state index contributed by atoms with van der Waals surface area (Å²) >= 11 is 0. The van der Waals surface area contributed by atoms with Crippen LogP contribution in [0.15, 0.2) is 12.1 Å². The maximum Gasteiger partial charge on any atom is 0.217 e. The SMILES string of the molecule is CC.CC.CCCN(CCC)c1cc(N)nc(OCCN2CCOCC2)c1.[HH]. The van der Waals surface area contributed by atoms with Crippen molar-refractivity contribution in [3.63, 3.8) is 0 Å². The zero-order valence-corrected chi connectivity index (χ0v) is 18.5. The number of aromatic nitrogens is 1. The molecule has 160 valence electrons. The molecule has 0 aromatic carbocycles. The summed E-state index contributed by atoms with van der Waals surface area (Å²) in [6, 6.07) is 3.93. The lowest BCUT2D eigenvalue weighted by atomic mass is 10.3. The molecule has 0 atom stereocenters. The molecule has 0 aliphatic carbocycles. The highest BCUT2D eigenvalue weighted by molar-refractivity contribution is 5.55. The molecule has 0 bridgehead atoms. The second kappa shape index (κ2) is 16.6. The van der Waals surface area contributed by atoms with Crippen LogP contribution in [0, 0.1) is 0 Å². The van der Waals surface area contributed by atoms with Crippen LogP contribution in [0.1, 0.15) is 55.8 Å². The van der Waals surface area contributed by atoms with Gasteiger partial charge in [-0.05, 0) is 12.8 Å². The first-order chi connectivity index (χ1) is 13.2. The molecule has 2 heterocycles. The minimum Gasteiger partial charge on any atom is -0.476 e. The van der Waals surface area contributed by atoms with E-state index in [4.69, 9.17) is 15.2 Å². The van der Waals surface area contributed by atoms with E-state index in [1.165, 1.54) is 0 Å². The van der Waals surface area contributed by atoms with Crippen molar-refractivity contribution in [3.8, 4) is 5.88 Å². The lowest BCUT2D eigenvalue weighted by Gasteiger charge is -2.26. The largest absolute Gasteiger partial charge is 0.476 e. The average Bonchev–Trinajstić information content (AvgIpc) is 2.71. The third kappa shape index (κ3) is 10.4. The molecule has 6 nitrogen and oxygen atoms in total. The van der Waals surface area contributed by atoms with Gasteiger partial charge in [0.15, 0.2) is 0 Å². The Morgan fingerprint density at radius 2 is 1.70 bits per heavy atom. The quantitative estimate of drug-likeness (QED) is 0.685. The van der Waals surface area contributed by atoms with E-state index in [9.17, 15) is 0 Å². The molecule has 0 spiro atoms. The highest BCUT2D eigenvalue weighted by Gasteiger charge is 2.11. The molecule has 27 heavy (non-hydrogen) atoms. The van der Waals surface area contributed by atoms with Crippen molar-refractivity contribution in [2.24, 2.45) is 0 Å². The molecule has 0 radical (unpaired) electrons. The van der Waals surface area contributed by atoms with Gasteiger partial charge in [0.2, 0.25) is 5.88 Å². The van der Waals surface area contributed by atoms with Crippen molar-refractivity contribution in [2.45, 2.75) is 54.4 Å². The van der Waals surface area contributed by atoms with Crippen LogP contribution in [0.4, 0.5) is 11.5 Å². The summed E-state index contributed by atoms with van der Waals surface area (Å²) in [5, 5.41) is 0. The average molecular weight is 385 g/mol. The second-order valence-electron chi connectivity index (χ2n) is 5.88. The fraction of sp³-hybridized carbons (Fsp3) is 0.762. The van der Waals surface area contributed by atoms with Crippen LogP contribution >= 0.6 is 0 Å². The van der Waals surface area contributed by atoms with E-state index in [0.717, 1.165) is 64.5 Å². The van der Waals surface area contributed by atoms with Crippen molar-refractivity contribution in [1.29, 1.82) is 0 Å². The number of nitrogens with two attached hydrogens (primary N) is 1. The van der Waals surface area contributed by atoms with E-state index in [0.29, 0.717) is 18.3 Å². The third-order valence-corrected chi connectivity index (χ3v) is 3.92. The first kappa shape index (κ1) is 25.5. The summed E-state index contributed by atoms with van der Waals surface area (Å²) in [7, 11) is 0. The zero-order chi connectivity index (χ0) is 20.5. The summed E-state index contributed by atoms with van der Waals surface area (Å²) < 4.78 is 11.2. The van der Waals surface area contributed by atoms with E-state index < -0.39 is 0 Å². The Kier molecular flexibility index (Phi) is 15.7. The molecule has 1 fully saturated rings. The van der Waals surface area contributed by atoms with Crippen LogP contribution in [0.5, 0.6) is 5.88 Å². The predicted molar refractivity (Wildman–Crippen MR) is 119 cm³/mol. The number of hydrogen-bond donors (Lipinski definition) is 1. The minimum atomic E-state index is 0. The van der Waals surface area contributed by atoms with Gasteiger partial charge in [0.1, 0.15) is 12.4 Å². The fourth-order valence-corrected chi connectivity index (χ4v) is 2.78. The Bertz CT molecular complexity index is 466.